The second-order valence-corrected chi connectivity index (χ2v) is 6.07. The van der Waals surface area contributed by atoms with Gasteiger partial charge in [0.1, 0.15) is 0 Å². The SMILES string of the molecule is CC(C)CC(C)(O)CNCc1nnc(-c2ccccc2)o1. The number of nitrogens with one attached hydrogen (secondary N) is 1. The summed E-state index contributed by atoms with van der Waals surface area (Å²) in [5.41, 5.74) is 0.180. The Bertz CT molecular complexity index is 550. The van der Waals surface area contributed by atoms with Crippen molar-refractivity contribution in [3.05, 3.63) is 36.2 Å². The van der Waals surface area contributed by atoms with Crippen LogP contribution in [0.5, 0.6) is 0 Å². The topological polar surface area (TPSA) is 71.2 Å². The number of rotatable bonds is 7. The standard InChI is InChI=1S/C16H23N3O2/c1-12(2)9-16(3,20)11-17-10-14-18-19-15(21-14)13-7-5-4-6-8-13/h4-8,12,17,20H,9-11H2,1-3H3. The molecule has 2 N–H and O–H groups in total. The predicted molar refractivity (Wildman–Crippen MR) is 81.5 cm³/mol. The molecule has 1 aromatic carbocycles. The summed E-state index contributed by atoms with van der Waals surface area (Å²) >= 11 is 0. The van der Waals surface area contributed by atoms with Gasteiger partial charge in [-0.05, 0) is 31.4 Å². The van der Waals surface area contributed by atoms with Crippen LogP contribution in [0.2, 0.25) is 0 Å². The maximum atomic E-state index is 10.2. The van der Waals surface area contributed by atoms with Crippen molar-refractivity contribution in [2.45, 2.75) is 39.3 Å². The molecule has 0 bridgehead atoms. The highest BCUT2D eigenvalue weighted by atomic mass is 16.4. The third-order valence-electron chi connectivity index (χ3n) is 3.12. The Balaban J connectivity index is 1.86. The molecule has 0 radical (unpaired) electrons. The highest BCUT2D eigenvalue weighted by Crippen LogP contribution is 2.17. The van der Waals surface area contributed by atoms with Crippen LogP contribution in [0.4, 0.5) is 0 Å². The van der Waals surface area contributed by atoms with Crippen molar-refractivity contribution in [3.63, 3.8) is 0 Å². The molecule has 5 heteroatoms. The second-order valence-electron chi connectivity index (χ2n) is 6.07. The third-order valence-corrected chi connectivity index (χ3v) is 3.12. The molecule has 1 unspecified atom stereocenters. The summed E-state index contributed by atoms with van der Waals surface area (Å²) < 4.78 is 5.60. The van der Waals surface area contributed by atoms with E-state index in [1.165, 1.54) is 0 Å². The fourth-order valence-corrected chi connectivity index (χ4v) is 2.41. The molecule has 2 aromatic rings. The van der Waals surface area contributed by atoms with E-state index in [2.05, 4.69) is 29.4 Å². The van der Waals surface area contributed by atoms with Gasteiger partial charge in [-0.25, -0.2) is 0 Å². The second kappa shape index (κ2) is 6.83. The summed E-state index contributed by atoms with van der Waals surface area (Å²) in [6.07, 6.45) is 0.749. The van der Waals surface area contributed by atoms with Gasteiger partial charge in [0.2, 0.25) is 11.8 Å². The van der Waals surface area contributed by atoms with E-state index in [0.717, 1.165) is 12.0 Å². The van der Waals surface area contributed by atoms with Crippen LogP contribution in [0.15, 0.2) is 34.7 Å². The Morgan fingerprint density at radius 3 is 2.62 bits per heavy atom. The molecule has 0 aliphatic heterocycles. The zero-order valence-corrected chi connectivity index (χ0v) is 12.8. The summed E-state index contributed by atoms with van der Waals surface area (Å²) in [5.74, 6) is 1.49. The van der Waals surface area contributed by atoms with Crippen molar-refractivity contribution in [2.75, 3.05) is 6.54 Å². The van der Waals surface area contributed by atoms with Gasteiger partial charge in [-0.15, -0.1) is 10.2 Å². The van der Waals surface area contributed by atoms with Crippen molar-refractivity contribution < 1.29 is 9.52 Å². The zero-order valence-electron chi connectivity index (χ0n) is 12.8. The lowest BCUT2D eigenvalue weighted by Gasteiger charge is -2.25. The lowest BCUT2D eigenvalue weighted by molar-refractivity contribution is 0.0379. The number of aromatic nitrogens is 2. The van der Waals surface area contributed by atoms with E-state index in [1.54, 1.807) is 0 Å². The van der Waals surface area contributed by atoms with E-state index in [0.29, 0.717) is 30.8 Å². The van der Waals surface area contributed by atoms with Crippen LogP contribution in [0.1, 0.15) is 33.1 Å². The summed E-state index contributed by atoms with van der Waals surface area (Å²) in [6.45, 7) is 6.97. The van der Waals surface area contributed by atoms with Crippen LogP contribution in [-0.2, 0) is 6.54 Å². The fraction of sp³-hybridized carbons (Fsp3) is 0.500. The smallest absolute Gasteiger partial charge is 0.247 e. The molecule has 114 valence electrons. The molecule has 0 saturated carbocycles. The van der Waals surface area contributed by atoms with E-state index in [9.17, 15) is 5.11 Å². The molecular formula is C16H23N3O2. The third kappa shape index (κ3) is 4.95. The molecule has 1 aromatic heterocycles. The first kappa shape index (κ1) is 15.7. The van der Waals surface area contributed by atoms with Crippen LogP contribution in [-0.4, -0.2) is 27.4 Å². The molecule has 1 heterocycles. The summed E-state index contributed by atoms with van der Waals surface area (Å²) in [6, 6.07) is 9.66. The summed E-state index contributed by atoms with van der Waals surface area (Å²) in [5, 5.41) is 21.4. The highest BCUT2D eigenvalue weighted by Gasteiger charge is 2.21. The van der Waals surface area contributed by atoms with Gasteiger partial charge in [0, 0.05) is 12.1 Å². The minimum Gasteiger partial charge on any atom is -0.419 e. The van der Waals surface area contributed by atoms with E-state index < -0.39 is 5.60 Å². The van der Waals surface area contributed by atoms with Crippen molar-refractivity contribution in [1.82, 2.24) is 15.5 Å². The largest absolute Gasteiger partial charge is 0.419 e. The van der Waals surface area contributed by atoms with Gasteiger partial charge in [0.25, 0.3) is 0 Å². The number of aliphatic hydroxyl groups is 1. The molecular weight excluding hydrogens is 266 g/mol. The van der Waals surface area contributed by atoms with E-state index in [-0.39, 0.29) is 0 Å². The Hall–Kier alpha value is -1.72. The molecule has 1 atom stereocenters. The highest BCUT2D eigenvalue weighted by molar-refractivity contribution is 5.51. The Morgan fingerprint density at radius 1 is 1.24 bits per heavy atom. The van der Waals surface area contributed by atoms with Gasteiger partial charge in [-0.2, -0.15) is 0 Å². The van der Waals surface area contributed by atoms with Crippen LogP contribution in [0.3, 0.4) is 0 Å². The number of nitrogens with zero attached hydrogens (tertiary/aromatic N) is 2. The van der Waals surface area contributed by atoms with Crippen LogP contribution in [0.25, 0.3) is 11.5 Å². The van der Waals surface area contributed by atoms with Crippen molar-refractivity contribution in [1.29, 1.82) is 0 Å². The first-order valence-corrected chi connectivity index (χ1v) is 7.27. The molecule has 0 fully saturated rings. The number of hydrogen-bond acceptors (Lipinski definition) is 5. The minimum atomic E-state index is -0.726. The average molecular weight is 289 g/mol. The Kier molecular flexibility index (Phi) is 5.09. The minimum absolute atomic E-state index is 0.452. The number of benzene rings is 1. The van der Waals surface area contributed by atoms with Gasteiger partial charge < -0.3 is 14.8 Å². The maximum Gasteiger partial charge on any atom is 0.247 e. The van der Waals surface area contributed by atoms with Crippen LogP contribution >= 0.6 is 0 Å². The zero-order chi connectivity index (χ0) is 15.3. The number of hydrogen-bond donors (Lipinski definition) is 2. The van der Waals surface area contributed by atoms with Gasteiger partial charge >= 0.3 is 0 Å². The maximum absolute atomic E-state index is 10.2. The predicted octanol–water partition coefficient (Wildman–Crippen LogP) is 2.62. The van der Waals surface area contributed by atoms with E-state index in [1.807, 2.05) is 37.3 Å². The molecule has 5 nitrogen and oxygen atoms in total. The lowest BCUT2D eigenvalue weighted by Crippen LogP contribution is -2.38. The van der Waals surface area contributed by atoms with Crippen molar-refractivity contribution >= 4 is 0 Å². The molecule has 0 saturated heterocycles. The molecule has 0 amide bonds. The fourth-order valence-electron chi connectivity index (χ4n) is 2.41. The van der Waals surface area contributed by atoms with E-state index in [4.69, 9.17) is 4.42 Å². The first-order chi connectivity index (χ1) is 9.96. The normalized spacial score (nSPS) is 14.3. The lowest BCUT2D eigenvalue weighted by atomic mass is 9.94. The molecule has 21 heavy (non-hydrogen) atoms. The Morgan fingerprint density at radius 2 is 1.95 bits per heavy atom. The molecule has 0 aliphatic rings. The van der Waals surface area contributed by atoms with Crippen LogP contribution in [0, 0.1) is 5.92 Å². The van der Waals surface area contributed by atoms with Gasteiger partial charge in [0.05, 0.1) is 12.1 Å². The first-order valence-electron chi connectivity index (χ1n) is 7.27. The van der Waals surface area contributed by atoms with E-state index >= 15 is 0 Å². The van der Waals surface area contributed by atoms with Crippen molar-refractivity contribution in [3.8, 4) is 11.5 Å². The quantitative estimate of drug-likeness (QED) is 0.820. The molecule has 0 aliphatic carbocycles. The van der Waals surface area contributed by atoms with Gasteiger partial charge in [-0.1, -0.05) is 32.0 Å². The van der Waals surface area contributed by atoms with Crippen LogP contribution < -0.4 is 5.32 Å². The van der Waals surface area contributed by atoms with Crippen molar-refractivity contribution in [2.24, 2.45) is 5.92 Å². The molecule has 0 spiro atoms. The monoisotopic (exact) mass is 289 g/mol. The van der Waals surface area contributed by atoms with Gasteiger partial charge in [0.15, 0.2) is 0 Å². The summed E-state index contributed by atoms with van der Waals surface area (Å²) in [4.78, 5) is 0. The average Bonchev–Trinajstić information content (AvgIpc) is 2.87. The van der Waals surface area contributed by atoms with Gasteiger partial charge in [-0.3, -0.25) is 0 Å². The summed E-state index contributed by atoms with van der Waals surface area (Å²) in [7, 11) is 0. The molecule has 2 rings (SSSR count). The Labute approximate surface area is 125 Å².